The van der Waals surface area contributed by atoms with Gasteiger partial charge in [-0.15, -0.1) is 0 Å². The molecule has 3 nitrogen and oxygen atoms in total. The van der Waals surface area contributed by atoms with Gasteiger partial charge < -0.3 is 10.5 Å². The molecule has 0 radical (unpaired) electrons. The molecule has 0 aliphatic heterocycles. The molecule has 2 N–H and O–H groups in total. The van der Waals surface area contributed by atoms with Crippen molar-refractivity contribution in [2.75, 3.05) is 6.61 Å². The van der Waals surface area contributed by atoms with Crippen molar-refractivity contribution in [3.8, 4) is 6.07 Å². The highest BCUT2D eigenvalue weighted by Crippen LogP contribution is 2.30. The standard InChI is InChI=1S/C12H22N2O/c1-9-5-10(2)7-12(6-9)15-4-3-11(14)8-13/h9-12H,3-7,14H2,1-2H3. The summed E-state index contributed by atoms with van der Waals surface area (Å²) in [7, 11) is 0. The molecule has 0 aromatic heterocycles. The summed E-state index contributed by atoms with van der Waals surface area (Å²) >= 11 is 0. The van der Waals surface area contributed by atoms with Crippen molar-refractivity contribution >= 4 is 0 Å². The SMILES string of the molecule is CC1CC(C)CC(OCCC(N)C#N)C1. The zero-order valence-corrected chi connectivity index (χ0v) is 9.78. The molecule has 1 saturated carbocycles. The highest BCUT2D eigenvalue weighted by molar-refractivity contribution is 4.86. The summed E-state index contributed by atoms with van der Waals surface area (Å²) in [6.07, 6.45) is 4.67. The summed E-state index contributed by atoms with van der Waals surface area (Å²) in [5, 5.41) is 8.53. The maximum absolute atomic E-state index is 8.53. The highest BCUT2D eigenvalue weighted by Gasteiger charge is 2.24. The van der Waals surface area contributed by atoms with Gasteiger partial charge in [-0.2, -0.15) is 5.26 Å². The zero-order valence-electron chi connectivity index (χ0n) is 9.78. The fourth-order valence-electron chi connectivity index (χ4n) is 2.44. The second-order valence-electron chi connectivity index (χ2n) is 4.93. The maximum Gasteiger partial charge on any atom is 0.0950 e. The summed E-state index contributed by atoms with van der Waals surface area (Å²) in [5.41, 5.74) is 5.50. The first-order chi connectivity index (χ1) is 7.11. The molecular formula is C12H22N2O. The second-order valence-corrected chi connectivity index (χ2v) is 4.93. The van der Waals surface area contributed by atoms with Gasteiger partial charge in [0.1, 0.15) is 0 Å². The number of hydrogen-bond donors (Lipinski definition) is 1. The first-order valence-electron chi connectivity index (χ1n) is 5.88. The van der Waals surface area contributed by atoms with E-state index >= 15 is 0 Å². The Labute approximate surface area is 92.6 Å². The second kappa shape index (κ2) is 6.09. The minimum absolute atomic E-state index is 0.372. The van der Waals surface area contributed by atoms with E-state index in [9.17, 15) is 0 Å². The molecule has 3 atom stereocenters. The average Bonchev–Trinajstić information content (AvgIpc) is 2.16. The predicted molar refractivity (Wildman–Crippen MR) is 60.1 cm³/mol. The molecule has 0 spiro atoms. The van der Waals surface area contributed by atoms with Crippen LogP contribution in [0.5, 0.6) is 0 Å². The Morgan fingerprint density at radius 3 is 2.47 bits per heavy atom. The number of nitriles is 1. The third-order valence-electron chi connectivity index (χ3n) is 3.08. The Balaban J connectivity index is 2.18. The Morgan fingerprint density at radius 1 is 1.33 bits per heavy atom. The van der Waals surface area contributed by atoms with E-state index < -0.39 is 0 Å². The van der Waals surface area contributed by atoms with Crippen molar-refractivity contribution < 1.29 is 4.74 Å². The van der Waals surface area contributed by atoms with E-state index in [1.54, 1.807) is 0 Å². The first kappa shape index (κ1) is 12.5. The van der Waals surface area contributed by atoms with Gasteiger partial charge in [0.25, 0.3) is 0 Å². The Morgan fingerprint density at radius 2 is 1.93 bits per heavy atom. The third kappa shape index (κ3) is 4.63. The molecular weight excluding hydrogens is 188 g/mol. The number of rotatable bonds is 4. The minimum Gasteiger partial charge on any atom is -0.378 e. The van der Waals surface area contributed by atoms with Gasteiger partial charge >= 0.3 is 0 Å². The van der Waals surface area contributed by atoms with E-state index in [0.717, 1.165) is 24.7 Å². The number of hydrogen-bond acceptors (Lipinski definition) is 3. The van der Waals surface area contributed by atoms with Crippen molar-refractivity contribution in [3.63, 3.8) is 0 Å². The zero-order chi connectivity index (χ0) is 11.3. The van der Waals surface area contributed by atoms with Crippen LogP contribution in [0.3, 0.4) is 0 Å². The summed E-state index contributed by atoms with van der Waals surface area (Å²) in [5.74, 6) is 1.53. The molecule has 0 heterocycles. The van der Waals surface area contributed by atoms with Crippen molar-refractivity contribution in [3.05, 3.63) is 0 Å². The smallest absolute Gasteiger partial charge is 0.0950 e. The summed E-state index contributed by atoms with van der Waals surface area (Å²) in [6.45, 7) is 5.19. The number of ether oxygens (including phenoxy) is 1. The monoisotopic (exact) mass is 210 g/mol. The van der Waals surface area contributed by atoms with Gasteiger partial charge in [-0.25, -0.2) is 0 Å². The van der Waals surface area contributed by atoms with Gasteiger partial charge in [-0.1, -0.05) is 13.8 Å². The normalized spacial score (nSPS) is 33.3. The van der Waals surface area contributed by atoms with Crippen LogP contribution in [0.2, 0.25) is 0 Å². The number of nitrogens with two attached hydrogens (primary N) is 1. The van der Waals surface area contributed by atoms with Crippen LogP contribution in [0.15, 0.2) is 0 Å². The minimum atomic E-state index is -0.372. The Bertz CT molecular complexity index is 214. The van der Waals surface area contributed by atoms with E-state index in [-0.39, 0.29) is 6.04 Å². The van der Waals surface area contributed by atoms with Gasteiger partial charge in [0.05, 0.1) is 18.2 Å². The van der Waals surface area contributed by atoms with Crippen molar-refractivity contribution in [2.45, 2.75) is 51.7 Å². The lowest BCUT2D eigenvalue weighted by atomic mass is 9.82. The van der Waals surface area contributed by atoms with E-state index in [4.69, 9.17) is 15.7 Å². The molecule has 3 heteroatoms. The van der Waals surface area contributed by atoms with Crippen LogP contribution < -0.4 is 5.73 Å². The first-order valence-corrected chi connectivity index (χ1v) is 5.88. The fourth-order valence-corrected chi connectivity index (χ4v) is 2.44. The lowest BCUT2D eigenvalue weighted by molar-refractivity contribution is -0.000530. The van der Waals surface area contributed by atoms with Gasteiger partial charge in [0.15, 0.2) is 0 Å². The van der Waals surface area contributed by atoms with Gasteiger partial charge in [0, 0.05) is 6.61 Å². The fraction of sp³-hybridized carbons (Fsp3) is 0.917. The van der Waals surface area contributed by atoms with Gasteiger partial charge in [-0.05, 0) is 37.5 Å². The van der Waals surface area contributed by atoms with Crippen molar-refractivity contribution in [1.29, 1.82) is 5.26 Å². The molecule has 3 unspecified atom stereocenters. The molecule has 0 aromatic carbocycles. The van der Waals surface area contributed by atoms with Crippen LogP contribution in [0, 0.1) is 23.2 Å². The molecule has 0 saturated heterocycles. The van der Waals surface area contributed by atoms with Gasteiger partial charge in [0.2, 0.25) is 0 Å². The molecule has 1 fully saturated rings. The van der Waals surface area contributed by atoms with Crippen LogP contribution in [-0.2, 0) is 4.74 Å². The highest BCUT2D eigenvalue weighted by atomic mass is 16.5. The van der Waals surface area contributed by atoms with Crippen molar-refractivity contribution in [2.24, 2.45) is 17.6 Å². The molecule has 1 rings (SSSR count). The van der Waals surface area contributed by atoms with Crippen LogP contribution in [0.1, 0.15) is 39.5 Å². The predicted octanol–water partition coefficient (Wildman–Crippen LogP) is 2.07. The van der Waals surface area contributed by atoms with Crippen LogP contribution >= 0.6 is 0 Å². The lowest BCUT2D eigenvalue weighted by Gasteiger charge is -2.31. The Hall–Kier alpha value is -0.590. The van der Waals surface area contributed by atoms with Crippen LogP contribution in [0.4, 0.5) is 0 Å². The molecule has 0 bridgehead atoms. The lowest BCUT2D eigenvalue weighted by Crippen LogP contribution is -2.28. The summed E-state index contributed by atoms with van der Waals surface area (Å²) < 4.78 is 5.77. The largest absolute Gasteiger partial charge is 0.378 e. The van der Waals surface area contributed by atoms with E-state index in [1.807, 2.05) is 6.07 Å². The maximum atomic E-state index is 8.53. The number of nitrogens with zero attached hydrogens (tertiary/aromatic N) is 1. The Kier molecular flexibility index (Phi) is 5.07. The van der Waals surface area contributed by atoms with Gasteiger partial charge in [-0.3, -0.25) is 0 Å². The average molecular weight is 210 g/mol. The molecule has 0 aromatic rings. The van der Waals surface area contributed by atoms with E-state index in [1.165, 1.54) is 6.42 Å². The summed E-state index contributed by atoms with van der Waals surface area (Å²) in [6, 6.07) is 1.65. The van der Waals surface area contributed by atoms with E-state index in [2.05, 4.69) is 13.8 Å². The topological polar surface area (TPSA) is 59.0 Å². The van der Waals surface area contributed by atoms with E-state index in [0.29, 0.717) is 19.1 Å². The van der Waals surface area contributed by atoms with Crippen molar-refractivity contribution in [1.82, 2.24) is 0 Å². The molecule has 15 heavy (non-hydrogen) atoms. The third-order valence-corrected chi connectivity index (χ3v) is 3.08. The molecule has 1 aliphatic carbocycles. The molecule has 0 amide bonds. The summed E-state index contributed by atoms with van der Waals surface area (Å²) in [4.78, 5) is 0. The molecule has 86 valence electrons. The van der Waals surface area contributed by atoms with Crippen LogP contribution in [-0.4, -0.2) is 18.8 Å². The quantitative estimate of drug-likeness (QED) is 0.772. The van der Waals surface area contributed by atoms with Crippen LogP contribution in [0.25, 0.3) is 0 Å². The molecule has 1 aliphatic rings.